The Bertz CT molecular complexity index is 944. The van der Waals surface area contributed by atoms with Crippen molar-refractivity contribution in [3.8, 4) is 0 Å². The van der Waals surface area contributed by atoms with Crippen LogP contribution in [0.5, 0.6) is 0 Å². The van der Waals surface area contributed by atoms with E-state index in [0.717, 1.165) is 64.2 Å². The molecular formula is C44H84NO8P. The van der Waals surface area contributed by atoms with E-state index >= 15 is 0 Å². The molecule has 0 spiro atoms. The maximum absolute atomic E-state index is 12.6. The highest BCUT2D eigenvalue weighted by atomic mass is 31.2. The van der Waals surface area contributed by atoms with E-state index in [1.807, 2.05) is 0 Å². The number of phosphoric ester groups is 1. The first kappa shape index (κ1) is 52.5. The SMILES string of the molecule is CCCCCCCC/C=C\CCCCCCCC(=O)OCC(COP(=O)(O)OCCN)OC(=O)CCCCCCCCC/C=C\CCCCCCCCC. The number of nitrogens with two attached hydrogens (primary N) is 1. The van der Waals surface area contributed by atoms with Crippen molar-refractivity contribution >= 4 is 19.8 Å². The third-order valence-corrected chi connectivity index (χ3v) is 10.5. The Morgan fingerprint density at radius 1 is 0.537 bits per heavy atom. The zero-order chi connectivity index (χ0) is 39.6. The first-order valence-electron chi connectivity index (χ1n) is 22.3. The molecule has 10 heteroatoms. The molecule has 2 atom stereocenters. The molecule has 0 fully saturated rings. The van der Waals surface area contributed by atoms with Gasteiger partial charge in [0.05, 0.1) is 13.2 Å². The van der Waals surface area contributed by atoms with Crippen LogP contribution in [0.15, 0.2) is 24.3 Å². The number of allylic oxidation sites excluding steroid dienone is 4. The van der Waals surface area contributed by atoms with E-state index in [1.54, 1.807) is 0 Å². The Hall–Kier alpha value is -1.51. The number of rotatable bonds is 42. The molecule has 9 nitrogen and oxygen atoms in total. The monoisotopic (exact) mass is 786 g/mol. The Balaban J connectivity index is 4.14. The van der Waals surface area contributed by atoms with Crippen LogP contribution in [0.25, 0.3) is 0 Å². The summed E-state index contributed by atoms with van der Waals surface area (Å²) < 4.78 is 32.8. The van der Waals surface area contributed by atoms with E-state index in [2.05, 4.69) is 38.2 Å². The summed E-state index contributed by atoms with van der Waals surface area (Å²) in [4.78, 5) is 34.9. The Morgan fingerprint density at radius 3 is 1.31 bits per heavy atom. The van der Waals surface area contributed by atoms with Gasteiger partial charge in [-0.1, -0.05) is 160 Å². The normalized spacial score (nSPS) is 13.5. The molecule has 0 heterocycles. The average Bonchev–Trinajstić information content (AvgIpc) is 3.16. The van der Waals surface area contributed by atoms with Crippen molar-refractivity contribution < 1.29 is 37.6 Å². The van der Waals surface area contributed by atoms with Crippen LogP contribution in [0.3, 0.4) is 0 Å². The van der Waals surface area contributed by atoms with Gasteiger partial charge in [0.1, 0.15) is 6.61 Å². The molecule has 54 heavy (non-hydrogen) atoms. The number of hydrogen-bond acceptors (Lipinski definition) is 8. The summed E-state index contributed by atoms with van der Waals surface area (Å²) in [5, 5.41) is 0. The maximum atomic E-state index is 12.6. The van der Waals surface area contributed by atoms with Crippen molar-refractivity contribution in [2.24, 2.45) is 5.73 Å². The van der Waals surface area contributed by atoms with Crippen LogP contribution in [-0.2, 0) is 32.7 Å². The molecule has 0 aliphatic carbocycles. The highest BCUT2D eigenvalue weighted by Crippen LogP contribution is 2.43. The summed E-state index contributed by atoms with van der Waals surface area (Å²) in [7, 11) is -4.38. The first-order valence-corrected chi connectivity index (χ1v) is 23.8. The third-order valence-electron chi connectivity index (χ3n) is 9.56. The number of ether oxygens (including phenoxy) is 2. The second kappa shape index (κ2) is 41.1. The Labute approximate surface area is 332 Å². The van der Waals surface area contributed by atoms with E-state index in [4.69, 9.17) is 24.3 Å². The van der Waals surface area contributed by atoms with Crippen LogP contribution in [-0.4, -0.2) is 49.3 Å². The molecule has 0 saturated heterocycles. The van der Waals surface area contributed by atoms with E-state index in [-0.39, 0.29) is 38.6 Å². The zero-order valence-electron chi connectivity index (χ0n) is 35.0. The lowest BCUT2D eigenvalue weighted by Crippen LogP contribution is -2.29. The molecule has 0 amide bonds. The first-order chi connectivity index (χ1) is 26.3. The number of carbonyl (C=O) groups excluding carboxylic acids is 2. The van der Waals surface area contributed by atoms with Crippen LogP contribution < -0.4 is 5.73 Å². The molecule has 0 aliphatic heterocycles. The van der Waals surface area contributed by atoms with Gasteiger partial charge < -0.3 is 20.1 Å². The van der Waals surface area contributed by atoms with Gasteiger partial charge in [-0.05, 0) is 64.2 Å². The summed E-state index contributed by atoms with van der Waals surface area (Å²) in [5.41, 5.74) is 5.35. The van der Waals surface area contributed by atoms with Gasteiger partial charge in [0, 0.05) is 19.4 Å². The summed E-state index contributed by atoms with van der Waals surface area (Å²) in [6, 6.07) is 0. The Morgan fingerprint density at radius 2 is 0.907 bits per heavy atom. The largest absolute Gasteiger partial charge is 0.472 e. The van der Waals surface area contributed by atoms with Crippen LogP contribution in [0.2, 0.25) is 0 Å². The summed E-state index contributed by atoms with van der Waals surface area (Å²) >= 11 is 0. The predicted octanol–water partition coefficient (Wildman–Crippen LogP) is 12.8. The molecule has 0 aliphatic rings. The molecule has 3 N–H and O–H groups in total. The zero-order valence-corrected chi connectivity index (χ0v) is 35.9. The lowest BCUT2D eigenvalue weighted by Gasteiger charge is -2.19. The van der Waals surface area contributed by atoms with Gasteiger partial charge in [0.25, 0.3) is 0 Å². The lowest BCUT2D eigenvalue weighted by molar-refractivity contribution is -0.161. The molecule has 318 valence electrons. The van der Waals surface area contributed by atoms with E-state index in [0.29, 0.717) is 6.42 Å². The molecule has 0 aromatic rings. The fourth-order valence-corrected chi connectivity index (χ4v) is 6.98. The number of esters is 2. The second-order valence-electron chi connectivity index (χ2n) is 14.9. The smallest absolute Gasteiger partial charge is 0.462 e. The van der Waals surface area contributed by atoms with Gasteiger partial charge >= 0.3 is 19.8 Å². The number of carbonyl (C=O) groups is 2. The van der Waals surface area contributed by atoms with Crippen LogP contribution in [0, 0.1) is 0 Å². The molecule has 0 aromatic carbocycles. The van der Waals surface area contributed by atoms with Crippen molar-refractivity contribution in [2.45, 2.75) is 219 Å². The topological polar surface area (TPSA) is 134 Å². The number of unbranched alkanes of at least 4 members (excludes halogenated alkanes) is 25. The molecule has 0 aromatic heterocycles. The molecule has 0 saturated carbocycles. The van der Waals surface area contributed by atoms with Crippen molar-refractivity contribution in [3.05, 3.63) is 24.3 Å². The van der Waals surface area contributed by atoms with Crippen molar-refractivity contribution in [2.75, 3.05) is 26.4 Å². The fourth-order valence-electron chi connectivity index (χ4n) is 6.21. The van der Waals surface area contributed by atoms with Gasteiger partial charge in [0.15, 0.2) is 6.10 Å². The van der Waals surface area contributed by atoms with E-state index < -0.39 is 26.5 Å². The predicted molar refractivity (Wildman–Crippen MR) is 224 cm³/mol. The van der Waals surface area contributed by atoms with Gasteiger partial charge in [-0.3, -0.25) is 18.6 Å². The summed E-state index contributed by atoms with van der Waals surface area (Å²) in [6.45, 7) is 3.73. The minimum absolute atomic E-state index is 0.0526. The van der Waals surface area contributed by atoms with Crippen molar-refractivity contribution in [1.29, 1.82) is 0 Å². The molecule has 0 radical (unpaired) electrons. The van der Waals surface area contributed by atoms with Crippen LogP contribution in [0.1, 0.15) is 213 Å². The van der Waals surface area contributed by atoms with E-state index in [9.17, 15) is 19.0 Å². The van der Waals surface area contributed by atoms with Crippen molar-refractivity contribution in [3.63, 3.8) is 0 Å². The summed E-state index contributed by atoms with van der Waals surface area (Å²) in [5.74, 6) is -0.837. The van der Waals surface area contributed by atoms with Crippen LogP contribution in [0.4, 0.5) is 0 Å². The quantitative estimate of drug-likeness (QED) is 0.0268. The molecule has 0 bridgehead atoms. The second-order valence-corrected chi connectivity index (χ2v) is 16.4. The molecule has 0 rings (SSSR count). The maximum Gasteiger partial charge on any atom is 0.472 e. The summed E-state index contributed by atoms with van der Waals surface area (Å²) in [6.07, 6.45) is 43.5. The standard InChI is InChI=1S/C44H84NO8P/c1-3-5-7-9-11-13-15-17-19-20-21-23-25-27-29-31-33-35-37-44(47)53-42(41-52-54(48,49)51-39-38-45)40-50-43(46)36-34-32-30-28-26-24-22-18-16-14-12-10-8-6-4-2/h18-20,22,42H,3-17,21,23-41,45H2,1-2H3,(H,48,49)/b20-19-,22-18-. The number of phosphoric acid groups is 1. The minimum Gasteiger partial charge on any atom is -0.462 e. The van der Waals surface area contributed by atoms with E-state index in [1.165, 1.54) is 116 Å². The highest BCUT2D eigenvalue weighted by molar-refractivity contribution is 7.47. The van der Waals surface area contributed by atoms with Crippen LogP contribution >= 0.6 is 7.82 Å². The van der Waals surface area contributed by atoms with Crippen molar-refractivity contribution in [1.82, 2.24) is 0 Å². The third kappa shape index (κ3) is 40.2. The van der Waals surface area contributed by atoms with Gasteiger partial charge in [0.2, 0.25) is 0 Å². The Kier molecular flexibility index (Phi) is 40.0. The van der Waals surface area contributed by atoms with Gasteiger partial charge in [-0.15, -0.1) is 0 Å². The lowest BCUT2D eigenvalue weighted by atomic mass is 10.1. The van der Waals surface area contributed by atoms with Gasteiger partial charge in [-0.25, -0.2) is 4.57 Å². The highest BCUT2D eigenvalue weighted by Gasteiger charge is 2.26. The minimum atomic E-state index is -4.38. The average molecular weight is 786 g/mol. The molecular weight excluding hydrogens is 701 g/mol. The molecule has 2 unspecified atom stereocenters. The fraction of sp³-hybridized carbons (Fsp3) is 0.864. The number of hydrogen-bond donors (Lipinski definition) is 2. The van der Waals surface area contributed by atoms with Gasteiger partial charge in [-0.2, -0.15) is 0 Å².